The van der Waals surface area contributed by atoms with E-state index in [0.29, 0.717) is 51.7 Å². The summed E-state index contributed by atoms with van der Waals surface area (Å²) in [6.07, 6.45) is -2.78. The second kappa shape index (κ2) is 8.37. The molecule has 0 spiro atoms. The first-order valence-corrected chi connectivity index (χ1v) is 12.2. The molecule has 0 aliphatic carbocycles. The molecule has 0 saturated carbocycles. The third-order valence-corrected chi connectivity index (χ3v) is 8.36. The Labute approximate surface area is 196 Å². The van der Waals surface area contributed by atoms with E-state index in [9.17, 15) is 22.8 Å². The fourth-order valence-corrected chi connectivity index (χ4v) is 6.11. The number of thiazole rings is 1. The first kappa shape index (κ1) is 22.3. The van der Waals surface area contributed by atoms with Crippen LogP contribution < -0.4 is 0 Å². The minimum absolute atomic E-state index is 0.0380. The van der Waals surface area contributed by atoms with E-state index in [-0.39, 0.29) is 17.9 Å². The molecule has 0 unspecified atom stereocenters. The Morgan fingerprint density at radius 2 is 1.79 bits per heavy atom. The van der Waals surface area contributed by atoms with E-state index in [4.69, 9.17) is 0 Å². The van der Waals surface area contributed by atoms with Gasteiger partial charge in [-0.3, -0.25) is 14.5 Å². The molecular formula is C22H21F3N4O2S2. The number of thiophene rings is 1. The first-order valence-electron chi connectivity index (χ1n) is 10.5. The van der Waals surface area contributed by atoms with Crippen LogP contribution in [-0.2, 0) is 6.18 Å². The average molecular weight is 495 g/mol. The number of carbonyl (C=O) groups is 2. The van der Waals surface area contributed by atoms with E-state index >= 15 is 0 Å². The Balaban J connectivity index is 1.20. The molecule has 174 valence electrons. The lowest BCUT2D eigenvalue weighted by Crippen LogP contribution is -2.64. The van der Waals surface area contributed by atoms with Crippen molar-refractivity contribution in [3.8, 4) is 0 Å². The van der Waals surface area contributed by atoms with Crippen molar-refractivity contribution in [1.29, 1.82) is 0 Å². The topological polar surface area (TPSA) is 56.8 Å². The predicted octanol–water partition coefficient (Wildman–Crippen LogP) is 3.97. The van der Waals surface area contributed by atoms with Crippen LogP contribution >= 0.6 is 22.7 Å². The van der Waals surface area contributed by atoms with Gasteiger partial charge in [-0.05, 0) is 36.1 Å². The summed E-state index contributed by atoms with van der Waals surface area (Å²) in [7, 11) is 0. The van der Waals surface area contributed by atoms with Crippen LogP contribution in [0, 0.1) is 6.92 Å². The largest absolute Gasteiger partial charge is 0.416 e. The van der Waals surface area contributed by atoms with Gasteiger partial charge >= 0.3 is 6.18 Å². The van der Waals surface area contributed by atoms with Crippen LogP contribution in [0.4, 0.5) is 13.2 Å². The number of likely N-dealkylation sites (tertiary alicyclic amines) is 1. The summed E-state index contributed by atoms with van der Waals surface area (Å²) in [5, 5.41) is 2.78. The zero-order valence-corrected chi connectivity index (χ0v) is 19.4. The van der Waals surface area contributed by atoms with Crippen LogP contribution in [0.3, 0.4) is 0 Å². The van der Waals surface area contributed by atoms with Crippen LogP contribution in [0.5, 0.6) is 0 Å². The van der Waals surface area contributed by atoms with Crippen molar-refractivity contribution < 1.29 is 22.8 Å². The zero-order chi connectivity index (χ0) is 23.3. The fourth-order valence-electron chi connectivity index (χ4n) is 4.35. The molecule has 2 amide bonds. The van der Waals surface area contributed by atoms with Gasteiger partial charge in [-0.2, -0.15) is 13.2 Å². The molecule has 6 nitrogen and oxygen atoms in total. The van der Waals surface area contributed by atoms with Gasteiger partial charge in [0.1, 0.15) is 0 Å². The van der Waals surface area contributed by atoms with E-state index in [1.807, 2.05) is 4.90 Å². The molecule has 5 rings (SSSR count). The van der Waals surface area contributed by atoms with Gasteiger partial charge in [-0.25, -0.2) is 4.98 Å². The number of fused-ring (bicyclic) bond motifs is 1. The molecule has 3 aromatic rings. The van der Waals surface area contributed by atoms with E-state index in [0.717, 1.165) is 25.2 Å². The van der Waals surface area contributed by atoms with Crippen LogP contribution in [-0.4, -0.2) is 76.8 Å². The molecule has 0 atom stereocenters. The number of hydrogen-bond acceptors (Lipinski definition) is 6. The smallest absolute Gasteiger partial charge is 0.335 e. The number of amides is 2. The van der Waals surface area contributed by atoms with Crippen molar-refractivity contribution in [2.45, 2.75) is 19.1 Å². The summed E-state index contributed by atoms with van der Waals surface area (Å²) in [6.45, 7) is 5.61. The number of hydrogen-bond donors (Lipinski definition) is 0. The molecule has 1 aromatic carbocycles. The maximum Gasteiger partial charge on any atom is 0.416 e. The van der Waals surface area contributed by atoms with E-state index in [1.165, 1.54) is 28.7 Å². The Morgan fingerprint density at radius 1 is 1.06 bits per heavy atom. The van der Waals surface area contributed by atoms with Crippen molar-refractivity contribution in [2.24, 2.45) is 0 Å². The predicted molar refractivity (Wildman–Crippen MR) is 121 cm³/mol. The van der Waals surface area contributed by atoms with Gasteiger partial charge in [0, 0.05) is 61.6 Å². The second-order valence-corrected chi connectivity index (χ2v) is 10.2. The molecule has 2 aliphatic rings. The van der Waals surface area contributed by atoms with Crippen LogP contribution in [0.25, 0.3) is 10.1 Å². The van der Waals surface area contributed by atoms with Gasteiger partial charge in [0.25, 0.3) is 11.8 Å². The molecule has 0 radical (unpaired) electrons. The van der Waals surface area contributed by atoms with Crippen LogP contribution in [0.15, 0.2) is 29.8 Å². The summed E-state index contributed by atoms with van der Waals surface area (Å²) in [5.74, 6) is -0.167. The minimum Gasteiger partial charge on any atom is -0.335 e. The molecule has 33 heavy (non-hydrogen) atoms. The zero-order valence-electron chi connectivity index (χ0n) is 17.8. The van der Waals surface area contributed by atoms with Crippen LogP contribution in [0.2, 0.25) is 0 Å². The Hall–Kier alpha value is -2.50. The molecule has 2 fully saturated rings. The van der Waals surface area contributed by atoms with E-state index < -0.39 is 11.7 Å². The molecule has 2 aromatic heterocycles. The summed E-state index contributed by atoms with van der Waals surface area (Å²) in [5.41, 5.74) is -0.102. The number of rotatable bonds is 3. The Bertz CT molecular complexity index is 1190. The number of halogens is 3. The molecule has 0 bridgehead atoms. The van der Waals surface area contributed by atoms with E-state index in [1.54, 1.807) is 23.4 Å². The fraction of sp³-hybridized carbons (Fsp3) is 0.409. The monoisotopic (exact) mass is 494 g/mol. The normalized spacial score (nSPS) is 18.1. The highest BCUT2D eigenvalue weighted by atomic mass is 32.1. The van der Waals surface area contributed by atoms with Crippen LogP contribution in [0.1, 0.15) is 30.6 Å². The molecule has 11 heteroatoms. The lowest BCUT2D eigenvalue weighted by molar-refractivity contribution is -0.137. The quantitative estimate of drug-likeness (QED) is 0.553. The summed E-state index contributed by atoms with van der Waals surface area (Å²) >= 11 is 2.59. The minimum atomic E-state index is -4.41. The lowest BCUT2D eigenvalue weighted by atomic mass is 10.0. The molecule has 4 heterocycles. The summed E-state index contributed by atoms with van der Waals surface area (Å²) in [4.78, 5) is 35.9. The van der Waals surface area contributed by atoms with Gasteiger partial charge in [0.2, 0.25) is 0 Å². The standard InChI is InChI=1S/C22H21F3N4O2S2/c1-13-16-10-14(22(23,24)25)2-3-17(16)33-18(13)20(30)29-11-15(12-29)27-5-7-28(8-6-27)21(31)19-26-4-9-32-19/h2-4,9-10,15H,5-8,11-12H2,1H3. The van der Waals surface area contributed by atoms with Gasteiger partial charge in [0.05, 0.1) is 10.4 Å². The third-order valence-electron chi connectivity index (χ3n) is 6.34. The van der Waals surface area contributed by atoms with Gasteiger partial charge in [-0.1, -0.05) is 0 Å². The van der Waals surface area contributed by atoms with Crippen molar-refractivity contribution in [1.82, 2.24) is 19.7 Å². The molecule has 2 aliphatic heterocycles. The highest BCUT2D eigenvalue weighted by Crippen LogP contribution is 2.37. The summed E-state index contributed by atoms with van der Waals surface area (Å²) < 4.78 is 39.9. The summed E-state index contributed by atoms with van der Waals surface area (Å²) in [6, 6.07) is 3.87. The lowest BCUT2D eigenvalue weighted by Gasteiger charge is -2.48. The second-order valence-electron chi connectivity index (χ2n) is 8.29. The Morgan fingerprint density at radius 3 is 2.42 bits per heavy atom. The highest BCUT2D eigenvalue weighted by molar-refractivity contribution is 7.21. The Kier molecular flexibility index (Phi) is 5.66. The maximum absolute atomic E-state index is 13.1. The number of carbonyl (C=O) groups excluding carboxylic acids is 2. The highest BCUT2D eigenvalue weighted by Gasteiger charge is 2.38. The van der Waals surface area contributed by atoms with Gasteiger partial charge in [0.15, 0.2) is 5.01 Å². The van der Waals surface area contributed by atoms with Gasteiger partial charge < -0.3 is 9.80 Å². The number of aryl methyl sites for hydroxylation is 1. The first-order chi connectivity index (χ1) is 15.7. The molecule has 0 N–H and O–H groups in total. The van der Waals surface area contributed by atoms with Crippen molar-refractivity contribution >= 4 is 44.6 Å². The average Bonchev–Trinajstić information content (AvgIpc) is 3.40. The van der Waals surface area contributed by atoms with Gasteiger partial charge in [-0.15, -0.1) is 22.7 Å². The van der Waals surface area contributed by atoms with E-state index in [2.05, 4.69) is 9.88 Å². The number of alkyl halides is 3. The molecular weight excluding hydrogens is 473 g/mol. The maximum atomic E-state index is 13.1. The number of aromatic nitrogens is 1. The van der Waals surface area contributed by atoms with Crippen molar-refractivity contribution in [2.75, 3.05) is 39.3 Å². The van der Waals surface area contributed by atoms with Crippen molar-refractivity contribution in [3.63, 3.8) is 0 Å². The van der Waals surface area contributed by atoms with Crippen molar-refractivity contribution in [3.05, 3.63) is 50.8 Å². The number of benzene rings is 1. The third kappa shape index (κ3) is 4.13. The number of piperazine rings is 1. The number of nitrogens with zero attached hydrogens (tertiary/aromatic N) is 4. The molecule has 2 saturated heterocycles. The SMILES string of the molecule is Cc1c(C(=O)N2CC(N3CCN(C(=O)c4nccs4)CC3)C2)sc2ccc(C(F)(F)F)cc12.